The van der Waals surface area contributed by atoms with Crippen molar-refractivity contribution in [3.63, 3.8) is 0 Å². The fraction of sp³-hybridized carbons (Fsp3) is 0.571. The predicted octanol–water partition coefficient (Wildman–Crippen LogP) is 2.13. The summed E-state index contributed by atoms with van der Waals surface area (Å²) in [5.74, 6) is 0. The van der Waals surface area contributed by atoms with Crippen LogP contribution in [0.25, 0.3) is 0 Å². The van der Waals surface area contributed by atoms with Gasteiger partial charge in [0.25, 0.3) is 0 Å². The van der Waals surface area contributed by atoms with Gasteiger partial charge in [0.2, 0.25) is 0 Å². The molecule has 0 radical (unpaired) electrons. The van der Waals surface area contributed by atoms with Crippen molar-refractivity contribution in [1.82, 2.24) is 10.6 Å². The molecule has 2 N–H and O–H groups in total. The minimum absolute atomic E-state index is 0.558. The highest BCUT2D eigenvalue weighted by molar-refractivity contribution is 5.22. The lowest BCUT2D eigenvalue weighted by Gasteiger charge is -2.12. The lowest BCUT2D eigenvalue weighted by molar-refractivity contribution is 0.515. The van der Waals surface area contributed by atoms with Crippen molar-refractivity contribution in [2.45, 2.75) is 32.7 Å². The molecule has 1 atom stereocenters. The summed E-state index contributed by atoms with van der Waals surface area (Å²) in [5.41, 5.74) is 2.80. The molecule has 1 aromatic carbocycles. The molecule has 90 valence electrons. The Balaban J connectivity index is 2.16. The van der Waals surface area contributed by atoms with Crippen molar-refractivity contribution in [3.05, 3.63) is 35.4 Å². The van der Waals surface area contributed by atoms with Crippen molar-refractivity contribution in [2.24, 2.45) is 0 Å². The third-order valence-corrected chi connectivity index (χ3v) is 2.73. The van der Waals surface area contributed by atoms with Crippen LogP contribution in [0.15, 0.2) is 24.3 Å². The Morgan fingerprint density at radius 1 is 1.31 bits per heavy atom. The van der Waals surface area contributed by atoms with Gasteiger partial charge in [0.1, 0.15) is 0 Å². The first-order valence-electron chi connectivity index (χ1n) is 6.16. The number of aryl methyl sites for hydroxylation is 2. The first-order valence-corrected chi connectivity index (χ1v) is 6.16. The van der Waals surface area contributed by atoms with Gasteiger partial charge in [-0.2, -0.15) is 0 Å². The monoisotopic (exact) mass is 220 g/mol. The van der Waals surface area contributed by atoms with Crippen LogP contribution in [0.2, 0.25) is 0 Å². The molecule has 0 spiro atoms. The van der Waals surface area contributed by atoms with Gasteiger partial charge in [-0.05, 0) is 45.8 Å². The first kappa shape index (κ1) is 13.2. The van der Waals surface area contributed by atoms with E-state index in [0.29, 0.717) is 6.04 Å². The molecule has 1 aromatic rings. The van der Waals surface area contributed by atoms with E-state index < -0.39 is 0 Å². The normalized spacial score (nSPS) is 12.7. The molecule has 0 heterocycles. The van der Waals surface area contributed by atoms with E-state index >= 15 is 0 Å². The van der Waals surface area contributed by atoms with E-state index in [1.54, 1.807) is 0 Å². The minimum atomic E-state index is 0.558. The van der Waals surface area contributed by atoms with Crippen LogP contribution in [0.4, 0.5) is 0 Å². The highest BCUT2D eigenvalue weighted by Gasteiger charge is 1.98. The van der Waals surface area contributed by atoms with Gasteiger partial charge in [0.05, 0.1) is 0 Å². The van der Waals surface area contributed by atoms with E-state index in [1.807, 2.05) is 7.05 Å². The lowest BCUT2D eigenvalue weighted by atomic mass is 10.1. The molecule has 2 heteroatoms. The summed E-state index contributed by atoms with van der Waals surface area (Å²) in [7, 11) is 1.99. The van der Waals surface area contributed by atoms with Gasteiger partial charge < -0.3 is 10.6 Å². The van der Waals surface area contributed by atoms with Crippen LogP contribution in [-0.2, 0) is 6.42 Å². The molecular formula is C14H24N2. The van der Waals surface area contributed by atoms with Crippen LogP contribution in [0, 0.1) is 6.92 Å². The molecule has 2 nitrogen and oxygen atoms in total. The summed E-state index contributed by atoms with van der Waals surface area (Å²) in [4.78, 5) is 0. The average Bonchev–Trinajstić information content (AvgIpc) is 2.25. The number of benzene rings is 1. The molecule has 0 aromatic heterocycles. The molecule has 0 saturated carbocycles. The molecule has 0 aliphatic heterocycles. The Hall–Kier alpha value is -0.860. The zero-order chi connectivity index (χ0) is 11.8. The third kappa shape index (κ3) is 5.29. The summed E-state index contributed by atoms with van der Waals surface area (Å²) < 4.78 is 0. The Labute approximate surface area is 99.5 Å². The van der Waals surface area contributed by atoms with Crippen LogP contribution in [-0.4, -0.2) is 26.2 Å². The highest BCUT2D eigenvalue weighted by atomic mass is 15.0. The van der Waals surface area contributed by atoms with Gasteiger partial charge in [0, 0.05) is 12.6 Å². The summed E-state index contributed by atoms with van der Waals surface area (Å²) in [6.07, 6.45) is 2.37. The van der Waals surface area contributed by atoms with Gasteiger partial charge in [-0.3, -0.25) is 0 Å². The number of nitrogens with one attached hydrogen (secondary N) is 2. The molecule has 1 unspecified atom stereocenters. The molecule has 0 aliphatic carbocycles. The zero-order valence-corrected chi connectivity index (χ0v) is 10.7. The second-order valence-corrected chi connectivity index (χ2v) is 4.51. The Kier molecular flexibility index (Phi) is 6.12. The molecule has 0 fully saturated rings. The summed E-state index contributed by atoms with van der Waals surface area (Å²) in [6.45, 7) is 6.49. The largest absolute Gasteiger partial charge is 0.318 e. The van der Waals surface area contributed by atoms with E-state index in [-0.39, 0.29) is 0 Å². The summed E-state index contributed by atoms with van der Waals surface area (Å²) >= 11 is 0. The van der Waals surface area contributed by atoms with E-state index in [2.05, 4.69) is 48.7 Å². The Morgan fingerprint density at radius 2 is 2.12 bits per heavy atom. The molecule has 0 amide bonds. The molecule has 16 heavy (non-hydrogen) atoms. The van der Waals surface area contributed by atoms with Gasteiger partial charge in [-0.1, -0.05) is 29.8 Å². The second kappa shape index (κ2) is 7.42. The van der Waals surface area contributed by atoms with Crippen LogP contribution in [0.1, 0.15) is 24.5 Å². The fourth-order valence-electron chi connectivity index (χ4n) is 1.89. The smallest absolute Gasteiger partial charge is 0.0164 e. The van der Waals surface area contributed by atoms with Gasteiger partial charge in [0.15, 0.2) is 0 Å². The maximum Gasteiger partial charge on any atom is 0.0164 e. The number of likely N-dealkylation sites (N-methyl/N-ethyl adjacent to an activating group) is 1. The maximum absolute atomic E-state index is 3.51. The minimum Gasteiger partial charge on any atom is -0.318 e. The molecule has 0 bridgehead atoms. The first-order chi connectivity index (χ1) is 7.72. The van der Waals surface area contributed by atoms with E-state index in [0.717, 1.165) is 13.1 Å². The predicted molar refractivity (Wildman–Crippen MR) is 70.9 cm³/mol. The van der Waals surface area contributed by atoms with E-state index in [4.69, 9.17) is 0 Å². The van der Waals surface area contributed by atoms with Crippen LogP contribution >= 0.6 is 0 Å². The third-order valence-electron chi connectivity index (χ3n) is 2.73. The van der Waals surface area contributed by atoms with Crippen molar-refractivity contribution in [1.29, 1.82) is 0 Å². The van der Waals surface area contributed by atoms with E-state index in [9.17, 15) is 0 Å². The van der Waals surface area contributed by atoms with E-state index in [1.165, 1.54) is 24.0 Å². The Bertz CT molecular complexity index is 297. The molecular weight excluding hydrogens is 196 g/mol. The van der Waals surface area contributed by atoms with Crippen LogP contribution in [0.3, 0.4) is 0 Å². The zero-order valence-electron chi connectivity index (χ0n) is 10.7. The standard InChI is InChI=1S/C14H24N2/c1-12-6-4-7-14(10-12)8-5-9-16-13(2)11-15-3/h4,6-7,10,13,15-16H,5,8-9,11H2,1-3H3. The van der Waals surface area contributed by atoms with Crippen LogP contribution < -0.4 is 10.6 Å². The summed E-state index contributed by atoms with van der Waals surface area (Å²) in [6, 6.07) is 9.34. The fourth-order valence-corrected chi connectivity index (χ4v) is 1.89. The van der Waals surface area contributed by atoms with Crippen molar-refractivity contribution in [3.8, 4) is 0 Å². The molecule has 0 aliphatic rings. The molecule has 1 rings (SSSR count). The maximum atomic E-state index is 3.51. The van der Waals surface area contributed by atoms with Crippen molar-refractivity contribution >= 4 is 0 Å². The number of rotatable bonds is 7. The SMILES string of the molecule is CNCC(C)NCCCc1cccc(C)c1. The quantitative estimate of drug-likeness (QED) is 0.688. The number of hydrogen-bond donors (Lipinski definition) is 2. The van der Waals surface area contributed by atoms with Gasteiger partial charge in [-0.25, -0.2) is 0 Å². The second-order valence-electron chi connectivity index (χ2n) is 4.51. The van der Waals surface area contributed by atoms with Crippen molar-refractivity contribution in [2.75, 3.05) is 20.1 Å². The topological polar surface area (TPSA) is 24.1 Å². The van der Waals surface area contributed by atoms with Gasteiger partial charge >= 0.3 is 0 Å². The lowest BCUT2D eigenvalue weighted by Crippen LogP contribution is -2.35. The highest BCUT2D eigenvalue weighted by Crippen LogP contribution is 2.05. The van der Waals surface area contributed by atoms with Gasteiger partial charge in [-0.15, -0.1) is 0 Å². The summed E-state index contributed by atoms with van der Waals surface area (Å²) in [5, 5.41) is 6.68. The molecule has 0 saturated heterocycles. The van der Waals surface area contributed by atoms with Crippen LogP contribution in [0.5, 0.6) is 0 Å². The van der Waals surface area contributed by atoms with Crippen molar-refractivity contribution < 1.29 is 0 Å². The average molecular weight is 220 g/mol. The Morgan fingerprint density at radius 3 is 2.81 bits per heavy atom. The number of hydrogen-bond acceptors (Lipinski definition) is 2.